The van der Waals surface area contributed by atoms with Crippen LogP contribution < -0.4 is 5.32 Å². The molecule has 0 fully saturated rings. The Bertz CT molecular complexity index is 979. The molecule has 0 spiro atoms. The van der Waals surface area contributed by atoms with Gasteiger partial charge in [-0.15, -0.1) is 0 Å². The monoisotopic (exact) mass is 333 g/mol. The van der Waals surface area contributed by atoms with E-state index in [0.29, 0.717) is 11.3 Å². The number of hydrogen-bond acceptors (Lipinski definition) is 4. The van der Waals surface area contributed by atoms with Crippen molar-refractivity contribution in [2.24, 2.45) is 0 Å². The second kappa shape index (κ2) is 6.92. The number of aromatic nitrogens is 1. The van der Waals surface area contributed by atoms with Gasteiger partial charge in [0.25, 0.3) is 5.69 Å². The average Bonchev–Trinajstić information content (AvgIpc) is 2.61. The van der Waals surface area contributed by atoms with Crippen molar-refractivity contribution >= 4 is 34.3 Å². The van der Waals surface area contributed by atoms with E-state index in [-0.39, 0.29) is 11.6 Å². The van der Waals surface area contributed by atoms with Gasteiger partial charge in [-0.1, -0.05) is 18.2 Å². The van der Waals surface area contributed by atoms with Gasteiger partial charge in [0, 0.05) is 29.3 Å². The van der Waals surface area contributed by atoms with Crippen molar-refractivity contribution in [3.8, 4) is 0 Å². The molecule has 0 bridgehead atoms. The lowest BCUT2D eigenvalue weighted by Crippen LogP contribution is -2.08. The molecule has 0 radical (unpaired) electrons. The number of anilines is 1. The highest BCUT2D eigenvalue weighted by atomic mass is 16.6. The molecule has 3 rings (SSSR count). The Morgan fingerprint density at radius 3 is 2.60 bits per heavy atom. The van der Waals surface area contributed by atoms with Crippen molar-refractivity contribution in [3.63, 3.8) is 0 Å². The maximum atomic E-state index is 12.2. The van der Waals surface area contributed by atoms with E-state index in [1.165, 1.54) is 18.2 Å². The number of nitrogens with one attached hydrogen (secondary N) is 1. The maximum Gasteiger partial charge on any atom is 0.269 e. The first kappa shape index (κ1) is 16.3. The van der Waals surface area contributed by atoms with Gasteiger partial charge in [0.05, 0.1) is 16.1 Å². The fourth-order valence-corrected chi connectivity index (χ4v) is 2.40. The summed E-state index contributed by atoms with van der Waals surface area (Å²) >= 11 is 0. The molecule has 25 heavy (non-hydrogen) atoms. The van der Waals surface area contributed by atoms with Gasteiger partial charge in [0.2, 0.25) is 5.91 Å². The lowest BCUT2D eigenvalue weighted by Gasteiger charge is -2.07. The fraction of sp³-hybridized carbons (Fsp3) is 0.0526. The number of nitro benzene ring substituents is 1. The van der Waals surface area contributed by atoms with Crippen LogP contribution in [-0.4, -0.2) is 15.8 Å². The van der Waals surface area contributed by atoms with E-state index in [9.17, 15) is 14.9 Å². The summed E-state index contributed by atoms with van der Waals surface area (Å²) < 4.78 is 0. The van der Waals surface area contributed by atoms with E-state index in [1.54, 1.807) is 24.3 Å². The fourth-order valence-electron chi connectivity index (χ4n) is 2.40. The topological polar surface area (TPSA) is 85.1 Å². The molecule has 2 aromatic carbocycles. The lowest BCUT2D eigenvalue weighted by atomic mass is 10.1. The second-order valence-corrected chi connectivity index (χ2v) is 5.50. The van der Waals surface area contributed by atoms with E-state index in [1.807, 2.05) is 31.2 Å². The van der Waals surface area contributed by atoms with Gasteiger partial charge in [0.15, 0.2) is 0 Å². The van der Waals surface area contributed by atoms with E-state index in [4.69, 9.17) is 0 Å². The number of carbonyl (C=O) groups is 1. The number of fused-ring (bicyclic) bond motifs is 1. The molecule has 6 nitrogen and oxygen atoms in total. The molecule has 1 heterocycles. The molecular formula is C19H15N3O3. The van der Waals surface area contributed by atoms with Crippen molar-refractivity contribution < 1.29 is 9.72 Å². The first-order chi connectivity index (χ1) is 12.0. The summed E-state index contributed by atoms with van der Waals surface area (Å²) in [4.78, 5) is 26.8. The molecule has 0 saturated heterocycles. The third-order valence-electron chi connectivity index (χ3n) is 3.65. The normalized spacial score (nSPS) is 10.9. The van der Waals surface area contributed by atoms with Crippen molar-refractivity contribution in [2.75, 3.05) is 5.32 Å². The van der Waals surface area contributed by atoms with Crippen molar-refractivity contribution in [1.29, 1.82) is 0 Å². The lowest BCUT2D eigenvalue weighted by molar-refractivity contribution is -0.384. The van der Waals surface area contributed by atoms with Gasteiger partial charge < -0.3 is 5.32 Å². The Labute approximate surface area is 144 Å². The minimum Gasteiger partial charge on any atom is -0.321 e. The number of nitro groups is 1. The van der Waals surface area contributed by atoms with Gasteiger partial charge in [-0.3, -0.25) is 19.9 Å². The molecule has 0 aliphatic carbocycles. The predicted molar refractivity (Wildman–Crippen MR) is 97.2 cm³/mol. The Morgan fingerprint density at radius 2 is 1.88 bits per heavy atom. The van der Waals surface area contributed by atoms with Gasteiger partial charge in [0.1, 0.15) is 0 Å². The Hall–Kier alpha value is -3.54. The zero-order chi connectivity index (χ0) is 17.8. The number of nitrogens with zero attached hydrogens (tertiary/aromatic N) is 2. The largest absolute Gasteiger partial charge is 0.321 e. The molecule has 0 saturated carbocycles. The molecule has 0 unspecified atom stereocenters. The van der Waals surface area contributed by atoms with Crippen molar-refractivity contribution in [3.05, 3.63) is 82.0 Å². The summed E-state index contributed by atoms with van der Waals surface area (Å²) in [5, 5.41) is 14.4. The SMILES string of the molecule is Cc1ccc2cccc(NC(=O)/C=C/c3ccc([N+](=O)[O-])cc3)c2n1. The number of hydrogen-bond donors (Lipinski definition) is 1. The van der Waals surface area contributed by atoms with Crippen LogP contribution in [0.25, 0.3) is 17.0 Å². The summed E-state index contributed by atoms with van der Waals surface area (Å²) in [6.07, 6.45) is 2.98. The maximum absolute atomic E-state index is 12.2. The summed E-state index contributed by atoms with van der Waals surface area (Å²) in [5.41, 5.74) is 2.96. The molecular weight excluding hydrogens is 318 g/mol. The van der Waals surface area contributed by atoms with Gasteiger partial charge in [-0.2, -0.15) is 0 Å². The van der Waals surface area contributed by atoms with E-state index < -0.39 is 4.92 Å². The number of non-ortho nitro benzene ring substituents is 1. The van der Waals surface area contributed by atoms with Crippen LogP contribution in [0, 0.1) is 17.0 Å². The Kier molecular flexibility index (Phi) is 4.52. The highest BCUT2D eigenvalue weighted by Crippen LogP contribution is 2.21. The summed E-state index contributed by atoms with van der Waals surface area (Å²) in [6.45, 7) is 1.90. The quantitative estimate of drug-likeness (QED) is 0.442. The highest BCUT2D eigenvalue weighted by Gasteiger charge is 2.06. The standard InChI is InChI=1S/C19H15N3O3/c1-13-5-9-15-3-2-4-17(19(15)20-13)21-18(23)12-8-14-6-10-16(11-7-14)22(24)25/h2-12H,1H3,(H,21,23)/b12-8+. The molecule has 124 valence electrons. The van der Waals surface area contributed by atoms with Gasteiger partial charge in [-0.05, 0) is 42.8 Å². The summed E-state index contributed by atoms with van der Waals surface area (Å²) in [5.74, 6) is -0.297. The molecule has 1 aromatic heterocycles. The molecule has 1 amide bonds. The molecule has 1 N–H and O–H groups in total. The summed E-state index contributed by atoms with van der Waals surface area (Å²) in [6, 6.07) is 15.4. The smallest absolute Gasteiger partial charge is 0.269 e. The molecule has 0 atom stereocenters. The van der Waals surface area contributed by atoms with Crippen molar-refractivity contribution in [1.82, 2.24) is 4.98 Å². The van der Waals surface area contributed by atoms with E-state index in [2.05, 4.69) is 10.3 Å². The zero-order valence-corrected chi connectivity index (χ0v) is 13.5. The third kappa shape index (κ3) is 3.87. The first-order valence-electron chi connectivity index (χ1n) is 7.63. The van der Waals surface area contributed by atoms with Crippen LogP contribution in [0.4, 0.5) is 11.4 Å². The van der Waals surface area contributed by atoms with Crippen LogP contribution in [0.2, 0.25) is 0 Å². The van der Waals surface area contributed by atoms with Crippen LogP contribution in [0.3, 0.4) is 0 Å². The average molecular weight is 333 g/mol. The number of para-hydroxylation sites is 1. The Balaban J connectivity index is 1.76. The number of aryl methyl sites for hydroxylation is 1. The molecule has 6 heteroatoms. The van der Waals surface area contributed by atoms with Gasteiger partial charge in [-0.25, -0.2) is 0 Å². The predicted octanol–water partition coefficient (Wildman–Crippen LogP) is 4.10. The highest BCUT2D eigenvalue weighted by molar-refractivity contribution is 6.06. The Morgan fingerprint density at radius 1 is 1.12 bits per heavy atom. The molecule has 0 aliphatic heterocycles. The van der Waals surface area contributed by atoms with Gasteiger partial charge >= 0.3 is 0 Å². The first-order valence-corrected chi connectivity index (χ1v) is 7.63. The number of benzene rings is 2. The number of pyridine rings is 1. The van der Waals surface area contributed by atoms with Crippen LogP contribution >= 0.6 is 0 Å². The van der Waals surface area contributed by atoms with Crippen molar-refractivity contribution in [2.45, 2.75) is 6.92 Å². The molecule has 3 aromatic rings. The van der Waals surface area contributed by atoms with Crippen LogP contribution in [0.5, 0.6) is 0 Å². The van der Waals surface area contributed by atoms with E-state index >= 15 is 0 Å². The zero-order valence-electron chi connectivity index (χ0n) is 13.5. The second-order valence-electron chi connectivity index (χ2n) is 5.50. The van der Waals surface area contributed by atoms with Crippen LogP contribution in [-0.2, 0) is 4.79 Å². The molecule has 0 aliphatic rings. The van der Waals surface area contributed by atoms with Crippen LogP contribution in [0.15, 0.2) is 60.7 Å². The summed E-state index contributed by atoms with van der Waals surface area (Å²) in [7, 11) is 0. The van der Waals surface area contributed by atoms with Crippen LogP contribution in [0.1, 0.15) is 11.3 Å². The number of amides is 1. The third-order valence-corrected chi connectivity index (χ3v) is 3.65. The van der Waals surface area contributed by atoms with E-state index in [0.717, 1.165) is 16.6 Å². The minimum absolute atomic E-state index is 0.0128. The number of rotatable bonds is 4. The number of carbonyl (C=O) groups excluding carboxylic acids is 1. The minimum atomic E-state index is -0.463.